The van der Waals surface area contributed by atoms with E-state index in [4.69, 9.17) is 18.8 Å². The minimum absolute atomic E-state index is 0.287. The molecule has 0 aliphatic carbocycles. The molecule has 1 heterocycles. The van der Waals surface area contributed by atoms with Crippen molar-refractivity contribution < 1.29 is 28.4 Å². The van der Waals surface area contributed by atoms with Crippen molar-refractivity contribution in [2.75, 3.05) is 13.2 Å². The van der Waals surface area contributed by atoms with Crippen molar-refractivity contribution in [3.05, 3.63) is 12.2 Å². The number of esters is 2. The summed E-state index contributed by atoms with van der Waals surface area (Å²) >= 11 is 0. The number of hydrogen-bond donors (Lipinski definition) is 0. The smallest absolute Gasteiger partial charge is 0.462 e. The zero-order chi connectivity index (χ0) is 15.7. The van der Waals surface area contributed by atoms with Gasteiger partial charge in [-0.25, -0.2) is 9.59 Å². The van der Waals surface area contributed by atoms with Gasteiger partial charge < -0.3 is 18.8 Å². The van der Waals surface area contributed by atoms with Crippen LogP contribution in [-0.2, 0) is 28.4 Å². The van der Waals surface area contributed by atoms with Gasteiger partial charge in [-0.3, -0.25) is 0 Å². The van der Waals surface area contributed by atoms with E-state index in [1.807, 2.05) is 32.9 Å². The Bertz CT molecular complexity index is 342. The topological polar surface area (TPSA) is 71.1 Å². The van der Waals surface area contributed by atoms with Gasteiger partial charge in [0.15, 0.2) is 12.2 Å². The van der Waals surface area contributed by atoms with Crippen LogP contribution in [0.3, 0.4) is 0 Å². The maximum Gasteiger partial charge on any atom is 0.462 e. The molecule has 0 amide bonds. The van der Waals surface area contributed by atoms with Gasteiger partial charge in [0, 0.05) is 6.32 Å². The Morgan fingerprint density at radius 1 is 1.05 bits per heavy atom. The Morgan fingerprint density at radius 2 is 1.52 bits per heavy atom. The van der Waals surface area contributed by atoms with Crippen molar-refractivity contribution in [1.29, 1.82) is 0 Å². The van der Waals surface area contributed by atoms with Gasteiger partial charge in [-0.2, -0.15) is 0 Å². The number of ether oxygens (including phenoxy) is 2. The molecule has 0 aromatic rings. The lowest BCUT2D eigenvalue weighted by atomic mass is 9.85. The molecule has 1 aliphatic heterocycles. The normalized spacial score (nSPS) is 21.8. The van der Waals surface area contributed by atoms with Crippen LogP contribution in [0.5, 0.6) is 0 Å². The van der Waals surface area contributed by atoms with Crippen LogP contribution in [0.4, 0.5) is 0 Å². The Morgan fingerprint density at radius 3 is 1.90 bits per heavy atom. The van der Waals surface area contributed by atoms with E-state index in [2.05, 4.69) is 0 Å². The van der Waals surface area contributed by atoms with Crippen molar-refractivity contribution in [3.8, 4) is 0 Å². The van der Waals surface area contributed by atoms with Crippen molar-refractivity contribution >= 4 is 19.1 Å². The molecule has 0 radical (unpaired) electrons. The Hall–Kier alpha value is -1.34. The molecule has 1 aliphatic rings. The summed E-state index contributed by atoms with van der Waals surface area (Å²) in [5, 5.41) is 0. The number of allylic oxidation sites excluding steroid dienone is 2. The lowest BCUT2D eigenvalue weighted by Gasteiger charge is -2.15. The Kier molecular flexibility index (Phi) is 8.08. The highest BCUT2D eigenvalue weighted by molar-refractivity contribution is 6.46. The summed E-state index contributed by atoms with van der Waals surface area (Å²) < 4.78 is 21.1. The maximum atomic E-state index is 12.0. The molecule has 0 bridgehead atoms. The van der Waals surface area contributed by atoms with Crippen molar-refractivity contribution in [1.82, 2.24) is 0 Å². The third-order valence-corrected chi connectivity index (χ3v) is 2.80. The van der Waals surface area contributed by atoms with E-state index in [1.165, 1.54) is 0 Å². The van der Waals surface area contributed by atoms with Gasteiger partial charge >= 0.3 is 19.1 Å². The van der Waals surface area contributed by atoms with Crippen LogP contribution < -0.4 is 0 Å². The zero-order valence-corrected chi connectivity index (χ0v) is 12.9. The molecule has 6 nitrogen and oxygen atoms in total. The quantitative estimate of drug-likeness (QED) is 0.386. The molecule has 0 aromatic carbocycles. The lowest BCUT2D eigenvalue weighted by molar-refractivity contribution is -0.163. The first-order valence-corrected chi connectivity index (χ1v) is 7.39. The van der Waals surface area contributed by atoms with E-state index in [0.29, 0.717) is 19.2 Å². The molecular weight excluding hydrogens is 275 g/mol. The van der Waals surface area contributed by atoms with Crippen molar-refractivity contribution in [2.24, 2.45) is 0 Å². The van der Waals surface area contributed by atoms with E-state index in [0.717, 1.165) is 0 Å². The van der Waals surface area contributed by atoms with Gasteiger partial charge in [0.25, 0.3) is 0 Å². The summed E-state index contributed by atoms with van der Waals surface area (Å²) in [7, 11) is -0.639. The van der Waals surface area contributed by atoms with Crippen LogP contribution in [0.25, 0.3) is 0 Å². The van der Waals surface area contributed by atoms with E-state index >= 15 is 0 Å². The van der Waals surface area contributed by atoms with Gasteiger partial charge in [-0.05, 0) is 19.8 Å². The first-order valence-electron chi connectivity index (χ1n) is 7.39. The van der Waals surface area contributed by atoms with E-state index in [1.54, 1.807) is 0 Å². The summed E-state index contributed by atoms with van der Waals surface area (Å²) in [6.07, 6.45) is 3.44. The maximum absolute atomic E-state index is 12.0. The van der Waals surface area contributed by atoms with Crippen molar-refractivity contribution in [2.45, 2.75) is 52.1 Å². The van der Waals surface area contributed by atoms with Crippen LogP contribution in [0.1, 0.15) is 33.6 Å². The van der Waals surface area contributed by atoms with Gasteiger partial charge in [-0.15, -0.1) is 0 Å². The molecule has 2 atom stereocenters. The third kappa shape index (κ3) is 5.51. The van der Waals surface area contributed by atoms with Gasteiger partial charge in [0.2, 0.25) is 0 Å². The molecule has 1 rings (SSSR count). The number of carbonyl (C=O) groups excluding carboxylic acids is 2. The molecule has 1 fully saturated rings. The highest BCUT2D eigenvalue weighted by atomic mass is 16.7. The van der Waals surface area contributed by atoms with E-state index in [9.17, 15) is 9.59 Å². The van der Waals surface area contributed by atoms with Crippen LogP contribution in [0.15, 0.2) is 12.2 Å². The second kappa shape index (κ2) is 9.57. The predicted molar refractivity (Wildman–Crippen MR) is 77.6 cm³/mol. The fourth-order valence-electron chi connectivity index (χ4n) is 1.79. The van der Waals surface area contributed by atoms with Crippen LogP contribution in [-0.4, -0.2) is 44.5 Å². The highest BCUT2D eigenvalue weighted by Gasteiger charge is 2.48. The van der Waals surface area contributed by atoms with Gasteiger partial charge in [0.05, 0.1) is 13.2 Å². The molecule has 21 heavy (non-hydrogen) atoms. The fraction of sp³-hybridized carbons (Fsp3) is 0.714. The molecular formula is C14H23BO6. The Balaban J connectivity index is 2.68. The molecule has 1 saturated heterocycles. The van der Waals surface area contributed by atoms with Gasteiger partial charge in [-0.1, -0.05) is 26.0 Å². The summed E-state index contributed by atoms with van der Waals surface area (Å²) in [6, 6.07) is 0. The number of rotatable bonds is 8. The highest BCUT2D eigenvalue weighted by Crippen LogP contribution is 2.22. The largest absolute Gasteiger partial charge is 0.464 e. The summed E-state index contributed by atoms with van der Waals surface area (Å²) in [6.45, 7) is 6.22. The zero-order valence-electron chi connectivity index (χ0n) is 12.9. The molecule has 0 N–H and O–H groups in total. The predicted octanol–water partition coefficient (Wildman–Crippen LogP) is 1.74. The van der Waals surface area contributed by atoms with Crippen LogP contribution >= 0.6 is 0 Å². The standard InChI is InChI=1S/C14H23BO6/c1-4-7-8-15-20-11(13(16)18-9-5-2)12(21-15)14(17)19-10-6-3/h4,7,11-12H,5-6,8-10H2,1-3H3/b7-4-/t11-,12-/m0/s1. The molecule has 7 heteroatoms. The summed E-state index contributed by atoms with van der Waals surface area (Å²) in [5.74, 6) is -1.17. The molecule has 0 aromatic heterocycles. The minimum atomic E-state index is -1.06. The fourth-order valence-corrected chi connectivity index (χ4v) is 1.79. The van der Waals surface area contributed by atoms with Crippen LogP contribution in [0.2, 0.25) is 6.32 Å². The summed E-state index contributed by atoms with van der Waals surface area (Å²) in [4.78, 5) is 23.9. The first kappa shape index (κ1) is 17.7. The monoisotopic (exact) mass is 298 g/mol. The average molecular weight is 298 g/mol. The molecule has 0 unspecified atom stereocenters. The van der Waals surface area contributed by atoms with Gasteiger partial charge in [0.1, 0.15) is 0 Å². The number of carbonyl (C=O) groups is 2. The third-order valence-electron chi connectivity index (χ3n) is 2.80. The number of hydrogen-bond acceptors (Lipinski definition) is 6. The molecule has 118 valence electrons. The van der Waals surface area contributed by atoms with Crippen molar-refractivity contribution in [3.63, 3.8) is 0 Å². The van der Waals surface area contributed by atoms with Crippen LogP contribution in [0, 0.1) is 0 Å². The van der Waals surface area contributed by atoms with E-state index in [-0.39, 0.29) is 13.2 Å². The van der Waals surface area contributed by atoms with E-state index < -0.39 is 31.3 Å². The average Bonchev–Trinajstić information content (AvgIpc) is 2.92. The molecule has 0 saturated carbocycles. The lowest BCUT2D eigenvalue weighted by Crippen LogP contribution is -2.39. The Labute approximate surface area is 125 Å². The first-order chi connectivity index (χ1) is 10.1. The SMILES string of the molecule is C/C=C\CB1O[C@H](C(=O)OCCC)[C@@H](C(=O)OCCC)O1. The summed E-state index contributed by atoms with van der Waals surface area (Å²) in [5.41, 5.74) is 0. The second-order valence-electron chi connectivity index (χ2n) is 4.68. The minimum Gasteiger partial charge on any atom is -0.464 e. The molecule has 0 spiro atoms. The second-order valence-corrected chi connectivity index (χ2v) is 4.68.